The van der Waals surface area contributed by atoms with E-state index in [1.807, 2.05) is 24.3 Å². The summed E-state index contributed by atoms with van der Waals surface area (Å²) < 4.78 is 18.6. The van der Waals surface area contributed by atoms with Gasteiger partial charge in [0.2, 0.25) is 0 Å². The van der Waals surface area contributed by atoms with Crippen LogP contribution in [-0.4, -0.2) is 12.6 Å². The number of nitrogens with one attached hydrogen (secondary N) is 1. The zero-order valence-corrected chi connectivity index (χ0v) is 12.3. The molecule has 0 saturated carbocycles. The lowest BCUT2D eigenvalue weighted by Gasteiger charge is -2.35. The van der Waals surface area contributed by atoms with Crippen LogP contribution in [-0.2, 0) is 11.8 Å². The molecule has 1 aromatic heterocycles. The highest BCUT2D eigenvalue weighted by Crippen LogP contribution is 2.29. The third-order valence-electron chi connectivity index (χ3n) is 3.90. The van der Waals surface area contributed by atoms with Crippen LogP contribution in [0.4, 0.5) is 4.39 Å². The van der Waals surface area contributed by atoms with E-state index in [0.717, 1.165) is 24.3 Å². The molecular formula is C17H22FNO. The summed E-state index contributed by atoms with van der Waals surface area (Å²) in [6, 6.07) is 10.9. The molecule has 0 bridgehead atoms. The van der Waals surface area contributed by atoms with Gasteiger partial charge in [-0.05, 0) is 36.4 Å². The normalized spacial score (nSPS) is 13.4. The summed E-state index contributed by atoms with van der Waals surface area (Å²) in [4.78, 5) is 0. The van der Waals surface area contributed by atoms with Crippen molar-refractivity contribution in [3.63, 3.8) is 0 Å². The van der Waals surface area contributed by atoms with E-state index >= 15 is 0 Å². The van der Waals surface area contributed by atoms with E-state index in [1.54, 1.807) is 6.26 Å². The van der Waals surface area contributed by atoms with Gasteiger partial charge >= 0.3 is 0 Å². The minimum atomic E-state index is -0.199. The molecule has 108 valence electrons. The molecule has 2 nitrogen and oxygen atoms in total. The number of hydrogen-bond donors (Lipinski definition) is 1. The SMILES string of the molecule is CCNC(Cc1ccco1)C(C)(C)c1ccc(F)cc1. The Bertz CT molecular complexity index is 516. The molecule has 1 heterocycles. The lowest BCUT2D eigenvalue weighted by molar-refractivity contribution is 0.323. The predicted molar refractivity (Wildman–Crippen MR) is 79.3 cm³/mol. The van der Waals surface area contributed by atoms with Crippen molar-refractivity contribution in [2.45, 2.75) is 38.6 Å². The van der Waals surface area contributed by atoms with E-state index in [1.165, 1.54) is 12.1 Å². The minimum absolute atomic E-state index is 0.115. The maximum absolute atomic E-state index is 13.1. The highest BCUT2D eigenvalue weighted by atomic mass is 19.1. The quantitative estimate of drug-likeness (QED) is 0.864. The van der Waals surface area contributed by atoms with Crippen molar-refractivity contribution in [3.05, 3.63) is 59.8 Å². The third kappa shape index (κ3) is 3.28. The van der Waals surface area contributed by atoms with Crippen LogP contribution in [0.1, 0.15) is 32.1 Å². The summed E-state index contributed by atoms with van der Waals surface area (Å²) in [6.45, 7) is 7.33. The maximum atomic E-state index is 13.1. The molecule has 0 spiro atoms. The number of rotatable bonds is 6. The summed E-state index contributed by atoms with van der Waals surface area (Å²) in [5, 5.41) is 3.52. The summed E-state index contributed by atoms with van der Waals surface area (Å²) >= 11 is 0. The Balaban J connectivity index is 2.23. The molecular weight excluding hydrogens is 253 g/mol. The van der Waals surface area contributed by atoms with Gasteiger partial charge in [-0.1, -0.05) is 32.9 Å². The molecule has 0 fully saturated rings. The Labute approximate surface area is 120 Å². The van der Waals surface area contributed by atoms with Crippen molar-refractivity contribution in [2.24, 2.45) is 0 Å². The number of benzene rings is 1. The highest BCUT2D eigenvalue weighted by molar-refractivity contribution is 5.27. The van der Waals surface area contributed by atoms with E-state index in [4.69, 9.17) is 4.42 Å². The van der Waals surface area contributed by atoms with Gasteiger partial charge in [0, 0.05) is 17.9 Å². The number of halogens is 1. The first kappa shape index (κ1) is 14.8. The Morgan fingerprint density at radius 2 is 1.90 bits per heavy atom. The first-order valence-corrected chi connectivity index (χ1v) is 7.06. The molecule has 1 atom stereocenters. The fourth-order valence-electron chi connectivity index (χ4n) is 2.54. The van der Waals surface area contributed by atoms with Crippen LogP contribution in [0.15, 0.2) is 47.1 Å². The predicted octanol–water partition coefficient (Wildman–Crippen LogP) is 3.92. The van der Waals surface area contributed by atoms with Crippen molar-refractivity contribution < 1.29 is 8.81 Å². The second kappa shape index (κ2) is 6.23. The van der Waals surface area contributed by atoms with E-state index in [2.05, 4.69) is 26.1 Å². The summed E-state index contributed by atoms with van der Waals surface area (Å²) in [6.07, 6.45) is 2.51. The van der Waals surface area contributed by atoms with E-state index in [0.29, 0.717) is 0 Å². The fraction of sp³-hybridized carbons (Fsp3) is 0.412. The van der Waals surface area contributed by atoms with Gasteiger partial charge in [-0.3, -0.25) is 0 Å². The summed E-state index contributed by atoms with van der Waals surface area (Å²) in [7, 11) is 0. The van der Waals surface area contributed by atoms with Crippen LogP contribution in [0.3, 0.4) is 0 Å². The van der Waals surface area contributed by atoms with Gasteiger partial charge in [-0.15, -0.1) is 0 Å². The molecule has 0 radical (unpaired) electrons. The Kier molecular flexibility index (Phi) is 4.61. The third-order valence-corrected chi connectivity index (χ3v) is 3.90. The smallest absolute Gasteiger partial charge is 0.123 e. The van der Waals surface area contributed by atoms with Crippen LogP contribution in [0.25, 0.3) is 0 Å². The van der Waals surface area contributed by atoms with Gasteiger partial charge in [0.15, 0.2) is 0 Å². The second-order valence-electron chi connectivity index (χ2n) is 5.62. The number of likely N-dealkylation sites (N-methyl/N-ethyl adjacent to an activating group) is 1. The molecule has 1 unspecified atom stereocenters. The van der Waals surface area contributed by atoms with Crippen molar-refractivity contribution in [1.29, 1.82) is 0 Å². The average molecular weight is 275 g/mol. The van der Waals surface area contributed by atoms with E-state index in [-0.39, 0.29) is 17.3 Å². The second-order valence-corrected chi connectivity index (χ2v) is 5.62. The number of hydrogen-bond acceptors (Lipinski definition) is 2. The molecule has 0 aliphatic heterocycles. The fourth-order valence-corrected chi connectivity index (χ4v) is 2.54. The maximum Gasteiger partial charge on any atom is 0.123 e. The van der Waals surface area contributed by atoms with Gasteiger partial charge in [0.05, 0.1) is 6.26 Å². The topological polar surface area (TPSA) is 25.2 Å². The van der Waals surface area contributed by atoms with E-state index < -0.39 is 0 Å². The molecule has 0 saturated heterocycles. The highest BCUT2D eigenvalue weighted by Gasteiger charge is 2.31. The molecule has 0 aliphatic carbocycles. The van der Waals surface area contributed by atoms with Crippen molar-refractivity contribution in [1.82, 2.24) is 5.32 Å². The largest absolute Gasteiger partial charge is 0.469 e. The molecule has 2 rings (SSSR count). The summed E-state index contributed by atoms with van der Waals surface area (Å²) in [5.41, 5.74) is 1.01. The monoisotopic (exact) mass is 275 g/mol. The standard InChI is InChI=1S/C17H22FNO/c1-4-19-16(12-15-6-5-11-20-15)17(2,3)13-7-9-14(18)10-8-13/h5-11,16,19H,4,12H2,1-3H3. The zero-order chi connectivity index (χ0) is 14.6. The van der Waals surface area contributed by atoms with Gasteiger partial charge in [0.1, 0.15) is 11.6 Å². The lowest BCUT2D eigenvalue weighted by Crippen LogP contribution is -2.46. The first-order valence-electron chi connectivity index (χ1n) is 7.06. The molecule has 2 aromatic rings. The van der Waals surface area contributed by atoms with Crippen molar-refractivity contribution >= 4 is 0 Å². The molecule has 1 aromatic carbocycles. The summed E-state index contributed by atoms with van der Waals surface area (Å²) in [5.74, 6) is 0.765. The van der Waals surface area contributed by atoms with Crippen LogP contribution in [0.2, 0.25) is 0 Å². The van der Waals surface area contributed by atoms with Crippen molar-refractivity contribution in [3.8, 4) is 0 Å². The Morgan fingerprint density at radius 3 is 2.45 bits per heavy atom. The lowest BCUT2D eigenvalue weighted by atomic mass is 9.76. The zero-order valence-electron chi connectivity index (χ0n) is 12.3. The van der Waals surface area contributed by atoms with Crippen LogP contribution in [0, 0.1) is 5.82 Å². The van der Waals surface area contributed by atoms with Gasteiger partial charge < -0.3 is 9.73 Å². The Morgan fingerprint density at radius 1 is 1.20 bits per heavy atom. The van der Waals surface area contributed by atoms with Crippen LogP contribution >= 0.6 is 0 Å². The molecule has 0 amide bonds. The van der Waals surface area contributed by atoms with Crippen molar-refractivity contribution in [2.75, 3.05) is 6.54 Å². The molecule has 20 heavy (non-hydrogen) atoms. The Hall–Kier alpha value is -1.61. The first-order chi connectivity index (χ1) is 9.54. The van der Waals surface area contributed by atoms with E-state index in [9.17, 15) is 4.39 Å². The number of furan rings is 1. The average Bonchev–Trinajstić information content (AvgIpc) is 2.92. The molecule has 1 N–H and O–H groups in total. The van der Waals surface area contributed by atoms with Crippen LogP contribution < -0.4 is 5.32 Å². The van der Waals surface area contributed by atoms with Gasteiger partial charge in [0.25, 0.3) is 0 Å². The van der Waals surface area contributed by atoms with Crippen LogP contribution in [0.5, 0.6) is 0 Å². The minimum Gasteiger partial charge on any atom is -0.469 e. The molecule has 3 heteroatoms. The van der Waals surface area contributed by atoms with Gasteiger partial charge in [-0.25, -0.2) is 4.39 Å². The van der Waals surface area contributed by atoms with Gasteiger partial charge in [-0.2, -0.15) is 0 Å². The molecule has 0 aliphatic rings.